The van der Waals surface area contributed by atoms with Crippen LogP contribution in [-0.2, 0) is 6.42 Å². The first kappa shape index (κ1) is 21.5. The Balaban J connectivity index is 2.00. The molecule has 1 aromatic carbocycles. The molecule has 1 heterocycles. The third-order valence-corrected chi connectivity index (χ3v) is 4.73. The van der Waals surface area contributed by atoms with E-state index in [1.165, 1.54) is 23.3 Å². The van der Waals surface area contributed by atoms with Crippen LogP contribution >= 0.6 is 0 Å². The summed E-state index contributed by atoms with van der Waals surface area (Å²) in [5, 5.41) is 20.3. The molecule has 4 nitrogen and oxygen atoms in total. The van der Waals surface area contributed by atoms with Crippen LogP contribution in [0.1, 0.15) is 58.9 Å². The third kappa shape index (κ3) is 6.15. The predicted molar refractivity (Wildman–Crippen MR) is 115 cm³/mol. The van der Waals surface area contributed by atoms with E-state index in [1.54, 1.807) is 6.07 Å². The summed E-state index contributed by atoms with van der Waals surface area (Å²) in [6, 6.07) is 4.33. The molecule has 0 fully saturated rings. The van der Waals surface area contributed by atoms with E-state index in [-0.39, 0.29) is 22.6 Å². The average molecular weight is 383 g/mol. The molecule has 0 unspecified atom stereocenters. The molecule has 4 heteroatoms. The van der Waals surface area contributed by atoms with Gasteiger partial charge in [0.2, 0.25) is 0 Å². The highest BCUT2D eigenvalue weighted by Crippen LogP contribution is 2.29. The van der Waals surface area contributed by atoms with Gasteiger partial charge in [-0.3, -0.25) is 0 Å². The Morgan fingerprint density at radius 3 is 2.29 bits per heavy atom. The van der Waals surface area contributed by atoms with Gasteiger partial charge in [0.15, 0.2) is 0 Å². The highest BCUT2D eigenvalue weighted by molar-refractivity contribution is 5.85. The number of benzene rings is 1. The normalized spacial score (nSPS) is 12.4. The standard InChI is InChI=1S/C24H30O4/c1-16(2)7-5-8-17(3)9-6-10-18(4)11-13-21-23(26)20-14-12-19(25)15-22(20)28-24(21)27/h7,9,11-12,14-15,25-26H,5-6,8,10,13H2,1-4H3/b17-9+,18-11+. The number of aromatic hydroxyl groups is 2. The van der Waals surface area contributed by atoms with Gasteiger partial charge in [-0.05, 0) is 65.5 Å². The molecule has 28 heavy (non-hydrogen) atoms. The summed E-state index contributed by atoms with van der Waals surface area (Å²) in [5.41, 5.74) is 3.76. The number of allylic oxidation sites excluding steroid dienone is 6. The Kier molecular flexibility index (Phi) is 7.68. The van der Waals surface area contributed by atoms with Crippen LogP contribution in [0.5, 0.6) is 11.5 Å². The van der Waals surface area contributed by atoms with Crippen molar-refractivity contribution in [2.45, 2.75) is 59.8 Å². The fraction of sp³-hybridized carbons (Fsp3) is 0.375. The van der Waals surface area contributed by atoms with Gasteiger partial charge >= 0.3 is 5.63 Å². The number of phenolic OH excluding ortho intramolecular Hbond substituents is 1. The maximum Gasteiger partial charge on any atom is 0.343 e. The van der Waals surface area contributed by atoms with E-state index in [4.69, 9.17) is 4.42 Å². The fourth-order valence-corrected chi connectivity index (χ4v) is 3.01. The number of rotatable bonds is 8. The molecule has 0 radical (unpaired) electrons. The van der Waals surface area contributed by atoms with Crippen molar-refractivity contribution < 1.29 is 14.6 Å². The molecule has 0 aliphatic rings. The second-order valence-electron chi connectivity index (χ2n) is 7.56. The van der Waals surface area contributed by atoms with Crippen molar-refractivity contribution in [3.05, 3.63) is 69.1 Å². The van der Waals surface area contributed by atoms with Crippen LogP contribution in [0.2, 0.25) is 0 Å². The van der Waals surface area contributed by atoms with Crippen LogP contribution in [-0.4, -0.2) is 10.2 Å². The van der Waals surface area contributed by atoms with E-state index < -0.39 is 5.63 Å². The van der Waals surface area contributed by atoms with Gasteiger partial charge in [0, 0.05) is 12.5 Å². The smallest absolute Gasteiger partial charge is 0.343 e. The van der Waals surface area contributed by atoms with Crippen molar-refractivity contribution in [1.82, 2.24) is 0 Å². The van der Waals surface area contributed by atoms with Crippen LogP contribution in [0.25, 0.3) is 11.0 Å². The quantitative estimate of drug-likeness (QED) is 0.423. The number of fused-ring (bicyclic) bond motifs is 1. The van der Waals surface area contributed by atoms with Gasteiger partial charge < -0.3 is 14.6 Å². The zero-order valence-corrected chi connectivity index (χ0v) is 17.2. The molecule has 0 saturated carbocycles. The molecule has 2 N–H and O–H groups in total. The summed E-state index contributed by atoms with van der Waals surface area (Å²) >= 11 is 0. The van der Waals surface area contributed by atoms with Crippen LogP contribution in [0.3, 0.4) is 0 Å². The molecule has 0 spiro atoms. The molecule has 0 amide bonds. The van der Waals surface area contributed by atoms with Gasteiger partial charge in [0.1, 0.15) is 17.1 Å². The highest BCUT2D eigenvalue weighted by Gasteiger charge is 2.13. The number of phenols is 1. The molecule has 0 aliphatic carbocycles. The average Bonchev–Trinajstić information content (AvgIpc) is 2.60. The van der Waals surface area contributed by atoms with Crippen LogP contribution in [0.4, 0.5) is 0 Å². The molecular formula is C24H30O4. The Morgan fingerprint density at radius 2 is 1.61 bits per heavy atom. The molecular weight excluding hydrogens is 352 g/mol. The van der Waals surface area contributed by atoms with Crippen LogP contribution in [0, 0.1) is 0 Å². The lowest BCUT2D eigenvalue weighted by Crippen LogP contribution is -2.07. The Morgan fingerprint density at radius 1 is 0.964 bits per heavy atom. The second-order valence-corrected chi connectivity index (χ2v) is 7.56. The van der Waals surface area contributed by atoms with Crippen LogP contribution < -0.4 is 5.63 Å². The minimum absolute atomic E-state index is 0.0114. The summed E-state index contributed by atoms with van der Waals surface area (Å²) in [5.74, 6) is -0.0898. The van der Waals surface area contributed by atoms with E-state index in [9.17, 15) is 15.0 Å². The summed E-state index contributed by atoms with van der Waals surface area (Å²) < 4.78 is 5.23. The molecule has 0 saturated heterocycles. The van der Waals surface area contributed by atoms with Crippen LogP contribution in [0.15, 0.2) is 62.4 Å². The minimum Gasteiger partial charge on any atom is -0.508 e. The Hall–Kier alpha value is -2.75. The van der Waals surface area contributed by atoms with E-state index >= 15 is 0 Å². The van der Waals surface area contributed by atoms with E-state index in [0.717, 1.165) is 31.3 Å². The van der Waals surface area contributed by atoms with Gasteiger partial charge in [-0.25, -0.2) is 4.79 Å². The summed E-state index contributed by atoms with van der Waals surface area (Å²) in [7, 11) is 0. The maximum absolute atomic E-state index is 12.2. The molecule has 2 aromatic rings. The van der Waals surface area contributed by atoms with Crippen molar-refractivity contribution in [2.75, 3.05) is 0 Å². The van der Waals surface area contributed by atoms with Gasteiger partial charge in [0.25, 0.3) is 0 Å². The number of hydrogen-bond donors (Lipinski definition) is 2. The molecule has 0 aliphatic heterocycles. The van der Waals surface area contributed by atoms with Crippen molar-refractivity contribution in [1.29, 1.82) is 0 Å². The second kappa shape index (κ2) is 9.98. The molecule has 0 atom stereocenters. The zero-order chi connectivity index (χ0) is 20.7. The first-order valence-corrected chi connectivity index (χ1v) is 9.70. The monoisotopic (exact) mass is 382 g/mol. The minimum atomic E-state index is -0.574. The first-order chi connectivity index (χ1) is 13.3. The van der Waals surface area contributed by atoms with Gasteiger partial charge in [-0.1, -0.05) is 34.9 Å². The SMILES string of the molecule is CC(C)=CCC/C(C)=C/CC/C(C)=C/Cc1c(O)c2ccc(O)cc2oc1=O. The highest BCUT2D eigenvalue weighted by atomic mass is 16.4. The lowest BCUT2D eigenvalue weighted by molar-refractivity contribution is 0.455. The van der Waals surface area contributed by atoms with Crippen molar-refractivity contribution in [3.8, 4) is 11.5 Å². The van der Waals surface area contributed by atoms with E-state index in [1.807, 2.05) is 13.0 Å². The van der Waals surface area contributed by atoms with Crippen molar-refractivity contribution in [3.63, 3.8) is 0 Å². The topological polar surface area (TPSA) is 70.7 Å². The predicted octanol–water partition coefficient (Wildman–Crippen LogP) is 6.17. The molecule has 2 rings (SSSR count). The van der Waals surface area contributed by atoms with Gasteiger partial charge in [0.05, 0.1) is 10.9 Å². The Bertz CT molecular complexity index is 970. The van der Waals surface area contributed by atoms with Crippen molar-refractivity contribution in [2.24, 2.45) is 0 Å². The molecule has 150 valence electrons. The van der Waals surface area contributed by atoms with Gasteiger partial charge in [-0.2, -0.15) is 0 Å². The Labute approximate surface area is 166 Å². The lowest BCUT2D eigenvalue weighted by Gasteiger charge is -2.06. The lowest BCUT2D eigenvalue weighted by atomic mass is 10.0. The van der Waals surface area contributed by atoms with Crippen molar-refractivity contribution >= 4 is 11.0 Å². The molecule has 0 bridgehead atoms. The third-order valence-electron chi connectivity index (χ3n) is 4.73. The van der Waals surface area contributed by atoms with Gasteiger partial charge in [-0.15, -0.1) is 0 Å². The van der Waals surface area contributed by atoms with E-state index in [2.05, 4.69) is 32.9 Å². The summed E-state index contributed by atoms with van der Waals surface area (Å²) in [6.07, 6.45) is 10.8. The first-order valence-electron chi connectivity index (χ1n) is 9.70. The fourth-order valence-electron chi connectivity index (χ4n) is 3.01. The summed E-state index contributed by atoms with van der Waals surface area (Å²) in [6.45, 7) is 8.42. The molecule has 1 aromatic heterocycles. The maximum atomic E-state index is 12.2. The number of hydrogen-bond acceptors (Lipinski definition) is 4. The zero-order valence-electron chi connectivity index (χ0n) is 17.2. The largest absolute Gasteiger partial charge is 0.508 e. The summed E-state index contributed by atoms with van der Waals surface area (Å²) in [4.78, 5) is 12.2. The van der Waals surface area contributed by atoms with E-state index in [0.29, 0.717) is 11.8 Å².